The summed E-state index contributed by atoms with van der Waals surface area (Å²) in [7, 11) is 3.18. The Hall–Kier alpha value is -3.02. The van der Waals surface area contributed by atoms with E-state index in [2.05, 4.69) is 4.74 Å². The molecule has 0 unspecified atom stereocenters. The highest BCUT2D eigenvalue weighted by atomic mass is 16.6. The predicted octanol–water partition coefficient (Wildman–Crippen LogP) is 2.19. The highest BCUT2D eigenvalue weighted by Gasteiger charge is 2.28. The Bertz CT molecular complexity index is 803. The minimum absolute atomic E-state index is 0.180. The van der Waals surface area contributed by atoms with E-state index in [9.17, 15) is 9.59 Å². The van der Waals surface area contributed by atoms with E-state index in [0.29, 0.717) is 17.1 Å². The number of hydrogen-bond acceptors (Lipinski definition) is 5. The van der Waals surface area contributed by atoms with Crippen molar-refractivity contribution in [1.29, 1.82) is 0 Å². The number of rotatable bonds is 4. The molecule has 1 aromatic carbocycles. The standard InChI is InChI=1S/C17H15NO5/c1-18-7-3-4-11(18)8-15-17(20)13-6-5-12(9-14(13)23-15)22-10-16(19)21-2/h3-9H,10H2,1-2H3/b15-8+. The van der Waals surface area contributed by atoms with Crippen molar-refractivity contribution >= 4 is 17.8 Å². The van der Waals surface area contributed by atoms with Crippen LogP contribution in [0.15, 0.2) is 42.3 Å². The Morgan fingerprint density at radius 1 is 1.35 bits per heavy atom. The second-order valence-corrected chi connectivity index (χ2v) is 5.01. The zero-order valence-corrected chi connectivity index (χ0v) is 12.7. The van der Waals surface area contributed by atoms with Crippen molar-refractivity contribution in [1.82, 2.24) is 4.57 Å². The Kier molecular flexibility index (Phi) is 3.89. The maximum Gasteiger partial charge on any atom is 0.343 e. The van der Waals surface area contributed by atoms with Crippen molar-refractivity contribution in [2.24, 2.45) is 7.05 Å². The van der Waals surface area contributed by atoms with E-state index in [1.807, 2.05) is 29.9 Å². The second-order valence-electron chi connectivity index (χ2n) is 5.01. The first kappa shape index (κ1) is 14.9. The third-order valence-corrected chi connectivity index (χ3v) is 3.49. The number of benzene rings is 1. The van der Waals surface area contributed by atoms with Crippen LogP contribution in [-0.2, 0) is 16.6 Å². The number of aryl methyl sites for hydroxylation is 1. The summed E-state index contributed by atoms with van der Waals surface area (Å²) in [5, 5.41) is 0. The molecule has 0 spiro atoms. The zero-order chi connectivity index (χ0) is 16.4. The van der Waals surface area contributed by atoms with Gasteiger partial charge in [-0.1, -0.05) is 0 Å². The molecule has 0 N–H and O–H groups in total. The molecule has 0 bridgehead atoms. The van der Waals surface area contributed by atoms with Gasteiger partial charge < -0.3 is 18.8 Å². The van der Waals surface area contributed by atoms with Crippen LogP contribution in [0.3, 0.4) is 0 Å². The molecule has 1 aliphatic rings. The molecule has 2 heterocycles. The summed E-state index contributed by atoms with van der Waals surface area (Å²) < 4.78 is 17.3. The van der Waals surface area contributed by atoms with Crippen LogP contribution in [0.2, 0.25) is 0 Å². The lowest BCUT2D eigenvalue weighted by atomic mass is 10.1. The summed E-state index contributed by atoms with van der Waals surface area (Å²) in [5.41, 5.74) is 1.33. The van der Waals surface area contributed by atoms with E-state index < -0.39 is 5.97 Å². The number of allylic oxidation sites excluding steroid dienone is 1. The first-order valence-corrected chi connectivity index (χ1v) is 6.97. The van der Waals surface area contributed by atoms with Gasteiger partial charge >= 0.3 is 5.97 Å². The fraction of sp³-hybridized carbons (Fsp3) is 0.176. The van der Waals surface area contributed by atoms with Crippen LogP contribution < -0.4 is 9.47 Å². The van der Waals surface area contributed by atoms with Gasteiger partial charge in [0.05, 0.1) is 12.7 Å². The summed E-state index contributed by atoms with van der Waals surface area (Å²) in [6.45, 7) is -0.199. The summed E-state index contributed by atoms with van der Waals surface area (Å²) >= 11 is 0. The Morgan fingerprint density at radius 3 is 2.87 bits per heavy atom. The van der Waals surface area contributed by atoms with Crippen molar-refractivity contribution in [2.75, 3.05) is 13.7 Å². The van der Waals surface area contributed by atoms with E-state index >= 15 is 0 Å². The molecule has 2 aromatic rings. The Balaban J connectivity index is 1.81. The van der Waals surface area contributed by atoms with E-state index in [1.165, 1.54) is 7.11 Å². The molecule has 0 amide bonds. The molecular weight excluding hydrogens is 298 g/mol. The number of esters is 1. The Labute approximate surface area is 132 Å². The van der Waals surface area contributed by atoms with Gasteiger partial charge in [0.2, 0.25) is 5.78 Å². The minimum Gasteiger partial charge on any atom is -0.482 e. The third kappa shape index (κ3) is 2.96. The average molecular weight is 313 g/mol. The fourth-order valence-electron chi connectivity index (χ4n) is 2.22. The molecule has 0 radical (unpaired) electrons. The number of carbonyl (C=O) groups excluding carboxylic acids is 2. The normalized spacial score (nSPS) is 14.5. The molecule has 0 saturated heterocycles. The van der Waals surface area contributed by atoms with E-state index in [-0.39, 0.29) is 18.1 Å². The lowest BCUT2D eigenvalue weighted by Crippen LogP contribution is -2.12. The van der Waals surface area contributed by atoms with Crippen LogP contribution in [0, 0.1) is 0 Å². The first-order chi connectivity index (χ1) is 11.1. The highest BCUT2D eigenvalue weighted by Crippen LogP contribution is 2.34. The Morgan fingerprint density at radius 2 is 2.17 bits per heavy atom. The van der Waals surface area contributed by atoms with Gasteiger partial charge in [-0.2, -0.15) is 0 Å². The number of aromatic nitrogens is 1. The number of hydrogen-bond donors (Lipinski definition) is 0. The largest absolute Gasteiger partial charge is 0.482 e. The van der Waals surface area contributed by atoms with E-state index in [0.717, 1.165) is 5.69 Å². The molecule has 6 nitrogen and oxygen atoms in total. The number of ether oxygens (including phenoxy) is 3. The predicted molar refractivity (Wildman–Crippen MR) is 82.3 cm³/mol. The molecule has 0 aliphatic carbocycles. The van der Waals surface area contributed by atoms with Crippen LogP contribution in [0.4, 0.5) is 0 Å². The van der Waals surface area contributed by atoms with E-state index in [4.69, 9.17) is 9.47 Å². The topological polar surface area (TPSA) is 66.8 Å². The monoisotopic (exact) mass is 313 g/mol. The highest BCUT2D eigenvalue weighted by molar-refractivity contribution is 6.14. The van der Waals surface area contributed by atoms with Crippen molar-refractivity contribution in [3.05, 3.63) is 53.5 Å². The molecule has 0 atom stereocenters. The number of ketones is 1. The second kappa shape index (κ2) is 6.00. The van der Waals surface area contributed by atoms with Gasteiger partial charge in [-0.3, -0.25) is 4.79 Å². The van der Waals surface area contributed by atoms with Crippen LogP contribution in [-0.4, -0.2) is 30.0 Å². The first-order valence-electron chi connectivity index (χ1n) is 6.97. The van der Waals surface area contributed by atoms with Gasteiger partial charge in [-0.25, -0.2) is 4.79 Å². The van der Waals surface area contributed by atoms with Gasteiger partial charge in [0.25, 0.3) is 0 Å². The molecule has 23 heavy (non-hydrogen) atoms. The molecule has 3 rings (SSSR count). The molecule has 6 heteroatoms. The van der Waals surface area contributed by atoms with Crippen LogP contribution in [0.1, 0.15) is 16.1 Å². The maximum atomic E-state index is 12.3. The fourth-order valence-corrected chi connectivity index (χ4v) is 2.22. The average Bonchev–Trinajstić information content (AvgIpc) is 3.09. The summed E-state index contributed by atoms with van der Waals surface area (Å²) in [5.74, 6) is 0.444. The number of Topliss-reactive ketones (excluding diaryl/α,β-unsaturated/α-hetero) is 1. The summed E-state index contributed by atoms with van der Waals surface area (Å²) in [4.78, 5) is 23.4. The minimum atomic E-state index is -0.480. The van der Waals surface area contributed by atoms with Crippen molar-refractivity contribution in [2.45, 2.75) is 0 Å². The third-order valence-electron chi connectivity index (χ3n) is 3.49. The summed E-state index contributed by atoms with van der Waals surface area (Å²) in [6.07, 6.45) is 3.58. The van der Waals surface area contributed by atoms with E-state index in [1.54, 1.807) is 24.3 Å². The summed E-state index contributed by atoms with van der Waals surface area (Å²) in [6, 6.07) is 8.60. The molecule has 0 saturated carbocycles. The van der Waals surface area contributed by atoms with Crippen molar-refractivity contribution in [3.63, 3.8) is 0 Å². The van der Waals surface area contributed by atoms with Gasteiger partial charge in [0.1, 0.15) is 11.5 Å². The van der Waals surface area contributed by atoms with Gasteiger partial charge in [0.15, 0.2) is 12.4 Å². The van der Waals surface area contributed by atoms with Crippen LogP contribution in [0.25, 0.3) is 6.08 Å². The van der Waals surface area contributed by atoms with Crippen molar-refractivity contribution in [3.8, 4) is 11.5 Å². The molecule has 0 fully saturated rings. The van der Waals surface area contributed by atoms with Gasteiger partial charge in [0, 0.05) is 31.1 Å². The number of fused-ring (bicyclic) bond motifs is 1. The maximum absolute atomic E-state index is 12.3. The SMILES string of the molecule is COC(=O)COc1ccc2c(c1)O/C(=C/c1cccn1C)C2=O. The number of carbonyl (C=O) groups is 2. The lowest BCUT2D eigenvalue weighted by molar-refractivity contribution is -0.142. The smallest absolute Gasteiger partial charge is 0.343 e. The number of methoxy groups -OCH3 is 1. The molecule has 1 aromatic heterocycles. The van der Waals surface area contributed by atoms with Crippen molar-refractivity contribution < 1.29 is 23.8 Å². The van der Waals surface area contributed by atoms with Gasteiger partial charge in [-0.05, 0) is 24.3 Å². The molecular formula is C17H15NO5. The van der Waals surface area contributed by atoms with Crippen LogP contribution in [0.5, 0.6) is 11.5 Å². The molecule has 1 aliphatic heterocycles. The van der Waals surface area contributed by atoms with Crippen LogP contribution >= 0.6 is 0 Å². The zero-order valence-electron chi connectivity index (χ0n) is 12.7. The lowest BCUT2D eigenvalue weighted by Gasteiger charge is -2.05. The number of nitrogens with zero attached hydrogens (tertiary/aromatic N) is 1. The quantitative estimate of drug-likeness (QED) is 0.639. The van der Waals surface area contributed by atoms with Gasteiger partial charge in [-0.15, -0.1) is 0 Å². The molecule has 118 valence electrons.